The van der Waals surface area contributed by atoms with Gasteiger partial charge in [0, 0.05) is 35.5 Å². The maximum atomic E-state index is 13.2. The minimum Gasteiger partial charge on any atom is -0.494 e. The highest BCUT2D eigenvalue weighted by molar-refractivity contribution is 5.97. The van der Waals surface area contributed by atoms with Gasteiger partial charge in [-0.25, -0.2) is 9.97 Å². The van der Waals surface area contributed by atoms with Gasteiger partial charge in [-0.05, 0) is 59.7 Å². The summed E-state index contributed by atoms with van der Waals surface area (Å²) in [7, 11) is 0. The molecule has 0 fully saturated rings. The lowest BCUT2D eigenvalue weighted by Crippen LogP contribution is -2.52. The van der Waals surface area contributed by atoms with Crippen LogP contribution in [-0.2, 0) is 16.6 Å². The average Bonchev–Trinajstić information content (AvgIpc) is 3.09. The van der Waals surface area contributed by atoms with Crippen LogP contribution < -0.4 is 15.4 Å². The molecule has 0 saturated heterocycles. The summed E-state index contributed by atoms with van der Waals surface area (Å²) in [5.74, 6) is 0.491. The lowest BCUT2D eigenvalue weighted by atomic mass is 9.86. The summed E-state index contributed by atoms with van der Waals surface area (Å²) < 4.78 is 5.89. The average molecular weight is 667 g/mol. The third kappa shape index (κ3) is 11.2. The topological polar surface area (TPSA) is 134 Å². The zero-order valence-corrected chi connectivity index (χ0v) is 29.3. The molecule has 9 nitrogen and oxygen atoms in total. The Morgan fingerprint density at radius 3 is 1.98 bits per heavy atom. The highest BCUT2D eigenvalue weighted by Crippen LogP contribution is 2.24. The van der Waals surface area contributed by atoms with Gasteiger partial charge in [0.2, 0.25) is 5.91 Å². The maximum Gasteiger partial charge on any atom is 0.251 e. The van der Waals surface area contributed by atoms with Gasteiger partial charge >= 0.3 is 0 Å². The first-order valence-corrected chi connectivity index (χ1v) is 17.2. The van der Waals surface area contributed by atoms with Gasteiger partial charge in [0.15, 0.2) is 12.1 Å². The second-order valence-corrected chi connectivity index (χ2v) is 13.5. The molecular formula is C40H50N4O5. The lowest BCUT2D eigenvalue weighted by molar-refractivity contribution is -0.128. The smallest absolute Gasteiger partial charge is 0.251 e. The lowest BCUT2D eigenvalue weighted by Gasteiger charge is -2.23. The largest absolute Gasteiger partial charge is 0.494 e. The van der Waals surface area contributed by atoms with E-state index in [1.807, 2.05) is 60.7 Å². The van der Waals surface area contributed by atoms with E-state index >= 15 is 0 Å². The summed E-state index contributed by atoms with van der Waals surface area (Å²) >= 11 is 0. The molecule has 2 atom stereocenters. The van der Waals surface area contributed by atoms with Crippen molar-refractivity contribution in [2.24, 2.45) is 0 Å². The van der Waals surface area contributed by atoms with Crippen molar-refractivity contribution >= 4 is 11.8 Å². The van der Waals surface area contributed by atoms with Crippen LogP contribution in [0.3, 0.4) is 0 Å². The van der Waals surface area contributed by atoms with E-state index < -0.39 is 30.2 Å². The first-order valence-electron chi connectivity index (χ1n) is 17.2. The van der Waals surface area contributed by atoms with E-state index in [-0.39, 0.29) is 11.8 Å². The number of benzene rings is 3. The van der Waals surface area contributed by atoms with Crippen LogP contribution in [0.25, 0.3) is 22.5 Å². The molecule has 4 rings (SSSR count). The molecule has 49 heavy (non-hydrogen) atoms. The number of nitrogens with one attached hydrogen (secondary N) is 2. The van der Waals surface area contributed by atoms with Crippen molar-refractivity contribution < 1.29 is 24.5 Å². The first-order chi connectivity index (χ1) is 23.4. The molecule has 0 saturated carbocycles. The Labute approximate surface area is 290 Å². The SMILES string of the molecule is CCCCCCCOc1ccc(-c2cnc(-c3ccc(C[C@@H](NC(=O)c4ccc(C(C)(C)C)cc4)C(=O)N[C@@H](C)C(O)O)cc3)nc2)cc1. The quantitative estimate of drug-likeness (QED) is 0.0781. The van der Waals surface area contributed by atoms with Gasteiger partial charge in [-0.15, -0.1) is 0 Å². The Hall–Kier alpha value is -4.60. The fourth-order valence-electron chi connectivity index (χ4n) is 5.26. The number of nitrogens with zero attached hydrogens (tertiary/aromatic N) is 2. The number of aliphatic hydroxyl groups is 2. The molecule has 9 heteroatoms. The molecule has 0 aliphatic rings. The minimum absolute atomic E-state index is 0.0628. The third-order valence-electron chi connectivity index (χ3n) is 8.46. The minimum atomic E-state index is -1.74. The molecular weight excluding hydrogens is 616 g/mol. The van der Waals surface area contributed by atoms with Crippen LogP contribution in [-0.4, -0.2) is 57.0 Å². The van der Waals surface area contributed by atoms with Crippen molar-refractivity contribution in [1.82, 2.24) is 20.6 Å². The summed E-state index contributed by atoms with van der Waals surface area (Å²) in [4.78, 5) is 35.5. The first kappa shape index (κ1) is 37.2. The number of unbranched alkanes of at least 4 members (excludes halogenated alkanes) is 4. The van der Waals surface area contributed by atoms with Crippen molar-refractivity contribution in [3.63, 3.8) is 0 Å². The second-order valence-electron chi connectivity index (χ2n) is 13.5. The monoisotopic (exact) mass is 666 g/mol. The van der Waals surface area contributed by atoms with Gasteiger partial charge < -0.3 is 25.6 Å². The molecule has 0 spiro atoms. The Morgan fingerprint density at radius 2 is 1.39 bits per heavy atom. The Morgan fingerprint density at radius 1 is 0.776 bits per heavy atom. The summed E-state index contributed by atoms with van der Waals surface area (Å²) in [6, 6.07) is 20.9. The number of amides is 2. The van der Waals surface area contributed by atoms with Crippen molar-refractivity contribution in [3.8, 4) is 28.3 Å². The van der Waals surface area contributed by atoms with Gasteiger partial charge in [-0.3, -0.25) is 9.59 Å². The number of hydrogen-bond donors (Lipinski definition) is 4. The molecule has 3 aromatic carbocycles. The van der Waals surface area contributed by atoms with Crippen molar-refractivity contribution in [2.45, 2.75) is 96.9 Å². The number of carbonyl (C=O) groups is 2. The molecule has 4 N–H and O–H groups in total. The zero-order chi connectivity index (χ0) is 35.4. The van der Waals surface area contributed by atoms with E-state index in [1.54, 1.807) is 24.5 Å². The normalized spacial score (nSPS) is 12.7. The van der Waals surface area contributed by atoms with E-state index in [9.17, 15) is 19.8 Å². The van der Waals surface area contributed by atoms with Crippen molar-refractivity contribution in [1.29, 1.82) is 0 Å². The van der Waals surface area contributed by atoms with Crippen LogP contribution in [0.5, 0.6) is 5.75 Å². The predicted molar refractivity (Wildman–Crippen MR) is 193 cm³/mol. The van der Waals surface area contributed by atoms with E-state index in [0.29, 0.717) is 11.4 Å². The fourth-order valence-corrected chi connectivity index (χ4v) is 5.26. The number of ether oxygens (including phenoxy) is 1. The van der Waals surface area contributed by atoms with Gasteiger partial charge in [0.1, 0.15) is 11.8 Å². The molecule has 1 aromatic heterocycles. The van der Waals surface area contributed by atoms with Crippen LogP contribution in [0.2, 0.25) is 0 Å². The van der Waals surface area contributed by atoms with Gasteiger partial charge in [-0.1, -0.05) is 102 Å². The molecule has 0 unspecified atom stereocenters. The molecule has 0 aliphatic carbocycles. The summed E-state index contributed by atoms with van der Waals surface area (Å²) in [5.41, 5.74) is 4.94. The molecule has 0 bridgehead atoms. The van der Waals surface area contributed by atoms with Crippen LogP contribution in [0.1, 0.15) is 88.2 Å². The second kappa shape index (κ2) is 17.7. The van der Waals surface area contributed by atoms with E-state index in [4.69, 9.17) is 4.74 Å². The third-order valence-corrected chi connectivity index (χ3v) is 8.46. The Balaban J connectivity index is 1.40. The highest BCUT2D eigenvalue weighted by Gasteiger charge is 2.25. The van der Waals surface area contributed by atoms with Crippen molar-refractivity contribution in [3.05, 3.63) is 102 Å². The zero-order valence-electron chi connectivity index (χ0n) is 29.3. The van der Waals surface area contributed by atoms with Crippen LogP contribution in [0, 0.1) is 0 Å². The highest BCUT2D eigenvalue weighted by atomic mass is 16.5. The summed E-state index contributed by atoms with van der Waals surface area (Å²) in [6.45, 7) is 10.7. The van der Waals surface area contributed by atoms with Gasteiger partial charge in [0.25, 0.3) is 5.91 Å². The van der Waals surface area contributed by atoms with E-state index in [2.05, 4.69) is 48.3 Å². The fraction of sp³-hybridized carbons (Fsp3) is 0.400. The Bertz CT molecular complexity index is 1610. The number of aliphatic hydroxyl groups excluding tert-OH is 1. The molecule has 1 heterocycles. The predicted octanol–water partition coefficient (Wildman–Crippen LogP) is 6.61. The van der Waals surface area contributed by atoms with Crippen LogP contribution >= 0.6 is 0 Å². The molecule has 0 aliphatic heterocycles. The molecule has 4 aromatic rings. The van der Waals surface area contributed by atoms with Crippen molar-refractivity contribution in [2.75, 3.05) is 6.61 Å². The number of hydrogen-bond acceptors (Lipinski definition) is 7. The summed E-state index contributed by atoms with van der Waals surface area (Å²) in [5, 5.41) is 24.4. The van der Waals surface area contributed by atoms with Gasteiger partial charge in [-0.2, -0.15) is 0 Å². The number of rotatable bonds is 16. The van der Waals surface area contributed by atoms with E-state index in [0.717, 1.165) is 46.6 Å². The molecule has 2 amide bonds. The number of aromatic nitrogens is 2. The van der Waals surface area contributed by atoms with Crippen LogP contribution in [0.15, 0.2) is 85.2 Å². The van der Waals surface area contributed by atoms with Crippen LogP contribution in [0.4, 0.5) is 0 Å². The Kier molecular flexibility index (Phi) is 13.4. The molecule has 260 valence electrons. The van der Waals surface area contributed by atoms with Gasteiger partial charge in [0.05, 0.1) is 12.6 Å². The summed E-state index contributed by atoms with van der Waals surface area (Å²) in [6.07, 6.45) is 8.05. The van der Waals surface area contributed by atoms with E-state index in [1.165, 1.54) is 32.6 Å². The molecule has 0 radical (unpaired) electrons. The maximum absolute atomic E-state index is 13.2. The number of carbonyl (C=O) groups excluding carboxylic acids is 2. The standard InChI is InChI=1S/C40H50N4O5/c1-6-7-8-9-10-23-49-34-21-17-29(18-22-34)32-25-41-36(42-26-32)30-13-11-28(12-14-30)24-35(38(46)43-27(2)39(47)48)44-37(45)31-15-19-33(20-16-31)40(3,4)5/h11-22,25-27,35,39,47-48H,6-10,23-24H2,1-5H3,(H,43,46)(H,44,45)/t27-,35+/m0/s1.